The second kappa shape index (κ2) is 3.85. The Morgan fingerprint density at radius 3 is 2.54 bits per heavy atom. The van der Waals surface area contributed by atoms with E-state index in [9.17, 15) is 4.39 Å². The Bertz CT molecular complexity index is 310. The molecule has 0 unspecified atom stereocenters. The highest BCUT2D eigenvalue weighted by Gasteiger charge is 2.06. The number of benzene rings is 1. The summed E-state index contributed by atoms with van der Waals surface area (Å²) in [6, 6.07) is 3.38. The molecule has 1 N–H and O–H groups in total. The summed E-state index contributed by atoms with van der Waals surface area (Å²) < 4.78 is 13.2. The highest BCUT2D eigenvalue weighted by Crippen LogP contribution is 2.16. The summed E-state index contributed by atoms with van der Waals surface area (Å²) in [6.07, 6.45) is 0. The number of nitrogens with zero attached hydrogens (tertiary/aromatic N) is 1. The van der Waals surface area contributed by atoms with Crippen LogP contribution in [0.1, 0.15) is 16.7 Å². The Morgan fingerprint density at radius 2 is 2.00 bits per heavy atom. The minimum atomic E-state index is -0.211. The van der Waals surface area contributed by atoms with Crippen molar-refractivity contribution in [3.63, 3.8) is 0 Å². The summed E-state index contributed by atoms with van der Waals surface area (Å²) in [7, 11) is 1.54. The smallest absolute Gasteiger partial charge is 0.126 e. The number of rotatable bonds is 2. The first kappa shape index (κ1) is 10.2. The van der Waals surface area contributed by atoms with Gasteiger partial charge in [0.15, 0.2) is 0 Å². The van der Waals surface area contributed by atoms with Crippen molar-refractivity contribution < 1.29 is 9.60 Å². The summed E-state index contributed by atoms with van der Waals surface area (Å²) >= 11 is 0. The van der Waals surface area contributed by atoms with Gasteiger partial charge in [-0.1, -0.05) is 6.07 Å². The van der Waals surface area contributed by atoms with Gasteiger partial charge in [0.05, 0.1) is 0 Å². The standard InChI is InChI=1S/C10H14FNO/c1-7-4-9(6-12(3)13)8(2)10(11)5-7/h4-5,13H,6H2,1-3H3. The maximum Gasteiger partial charge on any atom is 0.126 e. The van der Waals surface area contributed by atoms with Crippen LogP contribution in [-0.2, 0) is 6.54 Å². The first-order valence-corrected chi connectivity index (χ1v) is 4.16. The molecule has 0 radical (unpaired) electrons. The molecule has 3 heteroatoms. The molecule has 0 bridgehead atoms. The molecule has 0 amide bonds. The zero-order valence-corrected chi connectivity index (χ0v) is 8.13. The van der Waals surface area contributed by atoms with Crippen molar-refractivity contribution in [3.8, 4) is 0 Å². The van der Waals surface area contributed by atoms with E-state index in [2.05, 4.69) is 0 Å². The Hall–Kier alpha value is -0.930. The Kier molecular flexibility index (Phi) is 3.01. The maximum atomic E-state index is 13.2. The third kappa shape index (κ3) is 2.50. The second-order valence-corrected chi connectivity index (χ2v) is 3.35. The van der Waals surface area contributed by atoms with Crippen LogP contribution in [0.2, 0.25) is 0 Å². The topological polar surface area (TPSA) is 23.5 Å². The third-order valence-electron chi connectivity index (χ3n) is 2.00. The number of aryl methyl sites for hydroxylation is 1. The fourth-order valence-corrected chi connectivity index (χ4v) is 1.30. The first-order valence-electron chi connectivity index (χ1n) is 4.16. The second-order valence-electron chi connectivity index (χ2n) is 3.35. The molecule has 0 saturated carbocycles. The first-order chi connectivity index (χ1) is 6.00. The van der Waals surface area contributed by atoms with Gasteiger partial charge < -0.3 is 5.21 Å². The molecule has 0 heterocycles. The fourth-order valence-electron chi connectivity index (χ4n) is 1.30. The molecule has 0 atom stereocenters. The van der Waals surface area contributed by atoms with Crippen molar-refractivity contribution in [3.05, 3.63) is 34.6 Å². The Labute approximate surface area is 77.6 Å². The maximum absolute atomic E-state index is 13.2. The highest BCUT2D eigenvalue weighted by molar-refractivity contribution is 5.31. The number of hydrogen-bond acceptors (Lipinski definition) is 2. The lowest BCUT2D eigenvalue weighted by molar-refractivity contribution is -0.0733. The molecular formula is C10H14FNO. The molecule has 1 rings (SSSR count). The van der Waals surface area contributed by atoms with E-state index in [1.807, 2.05) is 13.0 Å². The van der Waals surface area contributed by atoms with E-state index >= 15 is 0 Å². The molecule has 0 aromatic heterocycles. The highest BCUT2D eigenvalue weighted by atomic mass is 19.1. The van der Waals surface area contributed by atoms with Crippen molar-refractivity contribution in [2.24, 2.45) is 0 Å². The van der Waals surface area contributed by atoms with Crippen LogP contribution in [-0.4, -0.2) is 17.3 Å². The van der Waals surface area contributed by atoms with E-state index in [1.165, 1.54) is 6.07 Å². The van der Waals surface area contributed by atoms with Gasteiger partial charge in [0, 0.05) is 13.6 Å². The van der Waals surface area contributed by atoms with Crippen molar-refractivity contribution in [2.75, 3.05) is 7.05 Å². The molecule has 0 aliphatic carbocycles. The van der Waals surface area contributed by atoms with Crippen LogP contribution >= 0.6 is 0 Å². The minimum absolute atomic E-state index is 0.211. The summed E-state index contributed by atoms with van der Waals surface area (Å²) in [5.74, 6) is -0.211. The van der Waals surface area contributed by atoms with Crippen molar-refractivity contribution in [1.82, 2.24) is 5.06 Å². The van der Waals surface area contributed by atoms with E-state index in [4.69, 9.17) is 5.21 Å². The van der Waals surface area contributed by atoms with Gasteiger partial charge in [-0.25, -0.2) is 4.39 Å². The van der Waals surface area contributed by atoms with Crippen LogP contribution < -0.4 is 0 Å². The molecular weight excluding hydrogens is 169 g/mol. The molecule has 1 aromatic carbocycles. The van der Waals surface area contributed by atoms with E-state index < -0.39 is 0 Å². The average Bonchev–Trinajstić information content (AvgIpc) is 1.98. The molecule has 72 valence electrons. The quantitative estimate of drug-likeness (QED) is 0.711. The zero-order valence-electron chi connectivity index (χ0n) is 8.13. The van der Waals surface area contributed by atoms with E-state index in [0.717, 1.165) is 16.2 Å². The van der Waals surface area contributed by atoms with E-state index in [1.54, 1.807) is 14.0 Å². The van der Waals surface area contributed by atoms with Gasteiger partial charge in [0.25, 0.3) is 0 Å². The summed E-state index contributed by atoms with van der Waals surface area (Å²) in [6.45, 7) is 3.90. The molecule has 0 aliphatic heterocycles. The summed E-state index contributed by atoms with van der Waals surface area (Å²) in [5.41, 5.74) is 2.30. The van der Waals surface area contributed by atoms with Gasteiger partial charge >= 0.3 is 0 Å². The molecule has 0 spiro atoms. The van der Waals surface area contributed by atoms with Gasteiger partial charge in [-0.3, -0.25) is 0 Å². The van der Waals surface area contributed by atoms with Crippen LogP contribution in [0, 0.1) is 19.7 Å². The molecule has 0 aliphatic rings. The van der Waals surface area contributed by atoms with Crippen LogP contribution in [0.15, 0.2) is 12.1 Å². The summed E-state index contributed by atoms with van der Waals surface area (Å²) in [4.78, 5) is 0. The Balaban J connectivity index is 3.05. The molecule has 0 saturated heterocycles. The predicted molar refractivity (Wildman–Crippen MR) is 49.1 cm³/mol. The van der Waals surface area contributed by atoms with Crippen molar-refractivity contribution in [1.29, 1.82) is 0 Å². The summed E-state index contributed by atoms with van der Waals surface area (Å²) in [5, 5.41) is 10.1. The van der Waals surface area contributed by atoms with E-state index in [0.29, 0.717) is 12.1 Å². The van der Waals surface area contributed by atoms with Crippen LogP contribution in [0.25, 0.3) is 0 Å². The van der Waals surface area contributed by atoms with Gasteiger partial charge in [-0.2, -0.15) is 5.06 Å². The lowest BCUT2D eigenvalue weighted by Crippen LogP contribution is -2.13. The molecule has 13 heavy (non-hydrogen) atoms. The molecule has 0 fully saturated rings. The van der Waals surface area contributed by atoms with Crippen LogP contribution in [0.3, 0.4) is 0 Å². The largest absolute Gasteiger partial charge is 0.314 e. The fraction of sp³-hybridized carbons (Fsp3) is 0.400. The monoisotopic (exact) mass is 183 g/mol. The lowest BCUT2D eigenvalue weighted by Gasteiger charge is -2.12. The lowest BCUT2D eigenvalue weighted by atomic mass is 10.1. The van der Waals surface area contributed by atoms with Crippen molar-refractivity contribution >= 4 is 0 Å². The van der Waals surface area contributed by atoms with Gasteiger partial charge in [-0.15, -0.1) is 0 Å². The minimum Gasteiger partial charge on any atom is -0.314 e. The number of hydrogen-bond donors (Lipinski definition) is 1. The van der Waals surface area contributed by atoms with Gasteiger partial charge in [0.1, 0.15) is 5.82 Å². The number of hydroxylamine groups is 2. The zero-order chi connectivity index (χ0) is 10.0. The van der Waals surface area contributed by atoms with Gasteiger partial charge in [-0.05, 0) is 36.6 Å². The Morgan fingerprint density at radius 1 is 1.38 bits per heavy atom. The average molecular weight is 183 g/mol. The van der Waals surface area contributed by atoms with Crippen LogP contribution in [0.4, 0.5) is 4.39 Å². The SMILES string of the molecule is Cc1cc(F)c(C)c(CN(C)O)c1. The third-order valence-corrected chi connectivity index (χ3v) is 2.00. The predicted octanol–water partition coefficient (Wildman–Crippen LogP) is 2.26. The van der Waals surface area contributed by atoms with Crippen LogP contribution in [0.5, 0.6) is 0 Å². The van der Waals surface area contributed by atoms with Gasteiger partial charge in [0.2, 0.25) is 0 Å². The molecule has 1 aromatic rings. The number of halogens is 1. The van der Waals surface area contributed by atoms with E-state index in [-0.39, 0.29) is 5.82 Å². The molecule has 2 nitrogen and oxygen atoms in total. The normalized spacial score (nSPS) is 10.9. The van der Waals surface area contributed by atoms with Crippen molar-refractivity contribution in [2.45, 2.75) is 20.4 Å².